The molecule has 1 saturated heterocycles. The van der Waals surface area contributed by atoms with E-state index < -0.39 is 0 Å². The predicted molar refractivity (Wildman–Crippen MR) is 70.1 cm³/mol. The van der Waals surface area contributed by atoms with Crippen molar-refractivity contribution in [1.29, 1.82) is 0 Å². The second kappa shape index (κ2) is 5.67. The SMILES string of the molecule is CN(C)C1CCN(Cc2cc(F)ccc2O)CC1. The van der Waals surface area contributed by atoms with Gasteiger partial charge in [0.25, 0.3) is 0 Å². The number of aromatic hydroxyl groups is 1. The minimum atomic E-state index is -0.286. The van der Waals surface area contributed by atoms with Crippen molar-refractivity contribution >= 4 is 0 Å². The van der Waals surface area contributed by atoms with E-state index in [1.54, 1.807) is 0 Å². The molecular weight excluding hydrogens is 231 g/mol. The van der Waals surface area contributed by atoms with Gasteiger partial charge in [-0.1, -0.05) is 0 Å². The minimum Gasteiger partial charge on any atom is -0.508 e. The van der Waals surface area contributed by atoms with Crippen molar-refractivity contribution in [3.8, 4) is 5.75 Å². The Kier molecular flexibility index (Phi) is 4.19. The fourth-order valence-corrected chi connectivity index (χ4v) is 2.52. The van der Waals surface area contributed by atoms with Crippen LogP contribution in [-0.2, 0) is 6.54 Å². The van der Waals surface area contributed by atoms with Crippen LogP contribution in [0.15, 0.2) is 18.2 Å². The number of hydrogen-bond acceptors (Lipinski definition) is 3. The molecule has 0 aliphatic carbocycles. The summed E-state index contributed by atoms with van der Waals surface area (Å²) in [5.41, 5.74) is 0.679. The first-order chi connectivity index (χ1) is 8.56. The summed E-state index contributed by atoms with van der Waals surface area (Å²) < 4.78 is 13.1. The van der Waals surface area contributed by atoms with E-state index in [1.165, 1.54) is 18.2 Å². The summed E-state index contributed by atoms with van der Waals surface area (Å²) in [6, 6.07) is 4.78. The molecule has 0 radical (unpaired) electrons. The van der Waals surface area contributed by atoms with Crippen LogP contribution < -0.4 is 0 Å². The molecule has 1 aromatic rings. The van der Waals surface area contributed by atoms with E-state index in [2.05, 4.69) is 23.9 Å². The molecule has 4 heteroatoms. The van der Waals surface area contributed by atoms with Gasteiger partial charge in [-0.2, -0.15) is 0 Å². The van der Waals surface area contributed by atoms with Gasteiger partial charge in [0, 0.05) is 18.2 Å². The predicted octanol–water partition coefficient (Wildman–Crippen LogP) is 2.06. The van der Waals surface area contributed by atoms with Crippen LogP contribution in [0, 0.1) is 5.82 Å². The van der Waals surface area contributed by atoms with Crippen LogP contribution in [0.2, 0.25) is 0 Å². The van der Waals surface area contributed by atoms with E-state index in [0.29, 0.717) is 18.2 Å². The lowest BCUT2D eigenvalue weighted by atomic mass is 10.0. The molecule has 100 valence electrons. The van der Waals surface area contributed by atoms with E-state index in [0.717, 1.165) is 25.9 Å². The number of piperidine rings is 1. The van der Waals surface area contributed by atoms with Crippen LogP contribution in [0.4, 0.5) is 4.39 Å². The Bertz CT molecular complexity index is 401. The molecule has 0 unspecified atom stereocenters. The van der Waals surface area contributed by atoms with Crippen molar-refractivity contribution in [2.45, 2.75) is 25.4 Å². The normalized spacial score (nSPS) is 18.4. The number of likely N-dealkylation sites (tertiary alicyclic amines) is 1. The third-order valence-corrected chi connectivity index (χ3v) is 3.72. The van der Waals surface area contributed by atoms with Gasteiger partial charge in [0.2, 0.25) is 0 Å². The van der Waals surface area contributed by atoms with Crippen LogP contribution in [0.25, 0.3) is 0 Å². The van der Waals surface area contributed by atoms with Crippen molar-refractivity contribution in [2.75, 3.05) is 27.2 Å². The Morgan fingerprint density at radius 1 is 1.33 bits per heavy atom. The molecule has 2 rings (SSSR count). The van der Waals surface area contributed by atoms with Crippen molar-refractivity contribution in [3.63, 3.8) is 0 Å². The second-order valence-corrected chi connectivity index (χ2v) is 5.24. The summed E-state index contributed by atoms with van der Waals surface area (Å²) >= 11 is 0. The van der Waals surface area contributed by atoms with E-state index in [-0.39, 0.29) is 11.6 Å². The highest BCUT2D eigenvalue weighted by Crippen LogP contribution is 2.22. The van der Waals surface area contributed by atoms with Crippen LogP contribution >= 0.6 is 0 Å². The van der Waals surface area contributed by atoms with Gasteiger partial charge in [-0.15, -0.1) is 0 Å². The lowest BCUT2D eigenvalue weighted by molar-refractivity contribution is 0.139. The molecule has 3 nitrogen and oxygen atoms in total. The van der Waals surface area contributed by atoms with E-state index in [4.69, 9.17) is 0 Å². The molecule has 1 aliphatic heterocycles. The topological polar surface area (TPSA) is 26.7 Å². The number of phenolic OH excluding ortho intramolecular Hbond substituents is 1. The maximum atomic E-state index is 13.1. The van der Waals surface area contributed by atoms with Crippen LogP contribution in [0.3, 0.4) is 0 Å². The number of rotatable bonds is 3. The van der Waals surface area contributed by atoms with Crippen LogP contribution in [0.5, 0.6) is 5.75 Å². The zero-order chi connectivity index (χ0) is 13.1. The molecule has 0 saturated carbocycles. The van der Waals surface area contributed by atoms with Crippen molar-refractivity contribution in [3.05, 3.63) is 29.6 Å². The highest BCUT2D eigenvalue weighted by atomic mass is 19.1. The number of hydrogen-bond donors (Lipinski definition) is 1. The Morgan fingerprint density at radius 3 is 2.61 bits per heavy atom. The zero-order valence-corrected chi connectivity index (χ0v) is 11.1. The quantitative estimate of drug-likeness (QED) is 0.892. The van der Waals surface area contributed by atoms with Gasteiger partial charge in [-0.25, -0.2) is 4.39 Å². The first-order valence-electron chi connectivity index (χ1n) is 6.42. The van der Waals surface area contributed by atoms with Crippen molar-refractivity contribution in [1.82, 2.24) is 9.80 Å². The molecule has 1 aliphatic rings. The summed E-state index contributed by atoms with van der Waals surface area (Å²) in [6.07, 6.45) is 2.26. The van der Waals surface area contributed by atoms with Gasteiger partial charge in [0.1, 0.15) is 11.6 Å². The third-order valence-electron chi connectivity index (χ3n) is 3.72. The summed E-state index contributed by atoms with van der Waals surface area (Å²) in [7, 11) is 4.22. The molecule has 0 bridgehead atoms. The monoisotopic (exact) mass is 252 g/mol. The zero-order valence-electron chi connectivity index (χ0n) is 11.1. The molecule has 0 atom stereocenters. The van der Waals surface area contributed by atoms with Crippen LogP contribution in [0.1, 0.15) is 18.4 Å². The molecular formula is C14H21FN2O. The summed E-state index contributed by atoms with van der Waals surface area (Å²) in [5, 5.41) is 9.70. The molecule has 1 heterocycles. The maximum Gasteiger partial charge on any atom is 0.123 e. The van der Waals surface area contributed by atoms with E-state index >= 15 is 0 Å². The Morgan fingerprint density at radius 2 is 2.00 bits per heavy atom. The first kappa shape index (κ1) is 13.3. The third kappa shape index (κ3) is 3.21. The first-order valence-corrected chi connectivity index (χ1v) is 6.42. The minimum absolute atomic E-state index is 0.186. The van der Waals surface area contributed by atoms with Crippen molar-refractivity contribution in [2.24, 2.45) is 0 Å². The summed E-state index contributed by atoms with van der Waals surface area (Å²) in [5.74, 6) is -0.0999. The maximum absolute atomic E-state index is 13.1. The highest BCUT2D eigenvalue weighted by Gasteiger charge is 2.21. The smallest absolute Gasteiger partial charge is 0.123 e. The molecule has 1 N–H and O–H groups in total. The molecule has 0 amide bonds. The summed E-state index contributed by atoms with van der Waals surface area (Å²) in [4.78, 5) is 4.53. The van der Waals surface area contributed by atoms with Gasteiger partial charge in [-0.3, -0.25) is 4.90 Å². The Labute approximate surface area is 108 Å². The highest BCUT2D eigenvalue weighted by molar-refractivity contribution is 5.32. The summed E-state index contributed by atoms with van der Waals surface area (Å²) in [6.45, 7) is 2.63. The van der Waals surface area contributed by atoms with Gasteiger partial charge in [0.05, 0.1) is 0 Å². The number of phenols is 1. The average Bonchev–Trinajstić information content (AvgIpc) is 2.34. The van der Waals surface area contributed by atoms with Gasteiger partial charge in [0.15, 0.2) is 0 Å². The fraction of sp³-hybridized carbons (Fsp3) is 0.571. The van der Waals surface area contributed by atoms with Gasteiger partial charge in [-0.05, 0) is 58.2 Å². The van der Waals surface area contributed by atoms with Crippen molar-refractivity contribution < 1.29 is 9.50 Å². The number of benzene rings is 1. The standard InChI is InChI=1S/C14H21FN2O/c1-16(2)13-5-7-17(8-6-13)10-11-9-12(15)3-4-14(11)18/h3-4,9,13,18H,5-8,10H2,1-2H3. The largest absolute Gasteiger partial charge is 0.508 e. The molecule has 0 aromatic heterocycles. The Hall–Kier alpha value is -1.13. The molecule has 1 aromatic carbocycles. The lowest BCUT2D eigenvalue weighted by Gasteiger charge is -2.35. The lowest BCUT2D eigenvalue weighted by Crippen LogP contribution is -2.41. The molecule has 18 heavy (non-hydrogen) atoms. The van der Waals surface area contributed by atoms with E-state index in [1.807, 2.05) is 0 Å². The van der Waals surface area contributed by atoms with E-state index in [9.17, 15) is 9.50 Å². The second-order valence-electron chi connectivity index (χ2n) is 5.24. The number of nitrogens with zero attached hydrogens (tertiary/aromatic N) is 2. The average molecular weight is 252 g/mol. The number of halogens is 1. The molecule has 1 fully saturated rings. The van der Waals surface area contributed by atoms with Crippen LogP contribution in [-0.4, -0.2) is 48.1 Å². The fourth-order valence-electron chi connectivity index (χ4n) is 2.52. The Balaban J connectivity index is 1.93. The van der Waals surface area contributed by atoms with Gasteiger partial charge < -0.3 is 10.0 Å². The molecule has 0 spiro atoms. The van der Waals surface area contributed by atoms with Gasteiger partial charge >= 0.3 is 0 Å².